The molecule has 0 atom stereocenters. The van der Waals surface area contributed by atoms with Crippen molar-refractivity contribution in [3.8, 4) is 0 Å². The number of carbonyl (C=O) groups is 1. The predicted molar refractivity (Wildman–Crippen MR) is 68.2 cm³/mol. The third-order valence-corrected chi connectivity index (χ3v) is 3.46. The number of aromatic nitrogens is 3. The number of nitro groups is 1. The number of hydrogen-bond acceptors (Lipinski definition) is 6. The van der Waals surface area contributed by atoms with Crippen LogP contribution in [-0.2, 0) is 7.05 Å². The molecule has 1 aromatic carbocycles. The first kappa shape index (κ1) is 13.2. The highest BCUT2D eigenvalue weighted by atomic mass is 32.2. The Bertz CT molecular complexity index is 653. The summed E-state index contributed by atoms with van der Waals surface area (Å²) < 4.78 is 1.72. The minimum absolute atomic E-state index is 0.0946. The molecule has 0 bridgehead atoms. The van der Waals surface area contributed by atoms with E-state index in [4.69, 9.17) is 0 Å². The minimum atomic E-state index is -0.562. The van der Waals surface area contributed by atoms with Crippen LogP contribution in [0.5, 0.6) is 0 Å². The molecule has 0 aliphatic rings. The van der Waals surface area contributed by atoms with E-state index in [9.17, 15) is 14.9 Å². The third kappa shape index (κ3) is 2.79. The maximum absolute atomic E-state index is 11.4. The molecule has 0 aliphatic carbocycles. The fraction of sp³-hybridized carbons (Fsp3) is 0.182. The average Bonchev–Trinajstić information content (AvgIpc) is 2.74. The average molecular weight is 278 g/mol. The van der Waals surface area contributed by atoms with Crippen molar-refractivity contribution in [3.63, 3.8) is 0 Å². The van der Waals surface area contributed by atoms with Crippen LogP contribution in [-0.4, -0.2) is 25.5 Å². The summed E-state index contributed by atoms with van der Waals surface area (Å²) in [6.45, 7) is 1.30. The van der Waals surface area contributed by atoms with Crippen molar-refractivity contribution >= 4 is 23.2 Å². The fourth-order valence-corrected chi connectivity index (χ4v) is 2.29. The van der Waals surface area contributed by atoms with Crippen molar-refractivity contribution in [2.75, 3.05) is 0 Å². The number of hydrogen-bond donors (Lipinski definition) is 0. The van der Waals surface area contributed by atoms with Gasteiger partial charge in [-0.25, -0.2) is 0 Å². The molecule has 7 nitrogen and oxygen atoms in total. The Hall–Kier alpha value is -2.22. The summed E-state index contributed by atoms with van der Waals surface area (Å²) in [6.07, 6.45) is 1.56. The number of carbonyl (C=O) groups excluding carboxylic acids is 1. The van der Waals surface area contributed by atoms with Crippen molar-refractivity contribution < 1.29 is 9.72 Å². The van der Waals surface area contributed by atoms with Gasteiger partial charge in [0.25, 0.3) is 5.69 Å². The highest BCUT2D eigenvalue weighted by molar-refractivity contribution is 7.99. The summed E-state index contributed by atoms with van der Waals surface area (Å²) in [5.41, 5.74) is -0.0908. The zero-order valence-electron chi connectivity index (χ0n) is 10.2. The van der Waals surface area contributed by atoms with Crippen LogP contribution in [0.25, 0.3) is 0 Å². The van der Waals surface area contributed by atoms with E-state index in [2.05, 4.69) is 10.2 Å². The summed E-state index contributed by atoms with van der Waals surface area (Å²) in [4.78, 5) is 22.4. The Balaban J connectivity index is 2.39. The second kappa shape index (κ2) is 5.19. The summed E-state index contributed by atoms with van der Waals surface area (Å²) >= 11 is 1.29. The van der Waals surface area contributed by atoms with Gasteiger partial charge in [-0.05, 0) is 30.8 Å². The monoisotopic (exact) mass is 278 g/mol. The number of rotatable bonds is 4. The second-order valence-electron chi connectivity index (χ2n) is 3.82. The Morgan fingerprint density at radius 2 is 2.21 bits per heavy atom. The maximum atomic E-state index is 11.4. The second-order valence-corrected chi connectivity index (χ2v) is 4.86. The number of aryl methyl sites for hydroxylation is 1. The van der Waals surface area contributed by atoms with Gasteiger partial charge < -0.3 is 4.57 Å². The zero-order valence-corrected chi connectivity index (χ0v) is 11.0. The molecule has 19 heavy (non-hydrogen) atoms. The fourth-order valence-electron chi connectivity index (χ4n) is 1.49. The van der Waals surface area contributed by atoms with Crippen LogP contribution in [0.3, 0.4) is 0 Å². The Morgan fingerprint density at radius 1 is 1.47 bits per heavy atom. The first-order valence-electron chi connectivity index (χ1n) is 5.30. The van der Waals surface area contributed by atoms with Crippen LogP contribution in [0, 0.1) is 10.1 Å². The molecule has 2 rings (SSSR count). The molecule has 98 valence electrons. The SMILES string of the molecule is CC(=O)c1cc(Sc2nncn2C)ccc1[N+](=O)[O-]. The molecule has 0 aliphatic heterocycles. The molecule has 8 heteroatoms. The standard InChI is InChI=1S/C11H10N4O3S/c1-7(16)9-5-8(3-4-10(9)15(17)18)19-11-13-12-6-14(11)2/h3-6H,1-2H3. The van der Waals surface area contributed by atoms with Crippen molar-refractivity contribution in [1.29, 1.82) is 0 Å². The molecule has 2 aromatic rings. The highest BCUT2D eigenvalue weighted by Gasteiger charge is 2.18. The van der Waals surface area contributed by atoms with Gasteiger partial charge in [-0.1, -0.05) is 0 Å². The minimum Gasteiger partial charge on any atom is -0.311 e. The Kier molecular flexibility index (Phi) is 3.61. The molecule has 0 spiro atoms. The first-order valence-corrected chi connectivity index (χ1v) is 6.12. The Labute approximate surface area is 112 Å². The van der Waals surface area contributed by atoms with Gasteiger partial charge in [0.1, 0.15) is 6.33 Å². The Morgan fingerprint density at radius 3 is 2.74 bits per heavy atom. The lowest BCUT2D eigenvalue weighted by molar-refractivity contribution is -0.385. The van der Waals surface area contributed by atoms with E-state index >= 15 is 0 Å². The summed E-state index contributed by atoms with van der Waals surface area (Å²) in [6, 6.07) is 4.42. The van der Waals surface area contributed by atoms with Crippen LogP contribution in [0.2, 0.25) is 0 Å². The lowest BCUT2D eigenvalue weighted by Crippen LogP contribution is -2.00. The number of Topliss-reactive ketones (excluding diaryl/α,β-unsaturated/α-hetero) is 1. The van der Waals surface area contributed by atoms with Gasteiger partial charge >= 0.3 is 0 Å². The van der Waals surface area contributed by atoms with E-state index < -0.39 is 4.92 Å². The topological polar surface area (TPSA) is 90.9 Å². The number of nitrogens with zero attached hydrogens (tertiary/aromatic N) is 4. The molecule has 1 aromatic heterocycles. The quantitative estimate of drug-likeness (QED) is 0.483. The summed E-state index contributed by atoms with van der Waals surface area (Å²) in [7, 11) is 1.79. The van der Waals surface area contributed by atoms with Gasteiger partial charge in [0, 0.05) is 18.0 Å². The number of ketones is 1. The van der Waals surface area contributed by atoms with Gasteiger partial charge in [0.05, 0.1) is 10.5 Å². The first-order chi connectivity index (χ1) is 8.99. The van der Waals surface area contributed by atoms with Crippen LogP contribution in [0.1, 0.15) is 17.3 Å². The molecular formula is C11H10N4O3S. The molecule has 0 radical (unpaired) electrons. The normalized spacial score (nSPS) is 10.4. The predicted octanol–water partition coefficient (Wildman–Crippen LogP) is 2.08. The molecular weight excluding hydrogens is 268 g/mol. The zero-order chi connectivity index (χ0) is 14.0. The van der Waals surface area contributed by atoms with Gasteiger partial charge in [-0.3, -0.25) is 14.9 Å². The van der Waals surface area contributed by atoms with E-state index in [1.54, 1.807) is 24.0 Å². The van der Waals surface area contributed by atoms with Gasteiger partial charge in [0.15, 0.2) is 10.9 Å². The van der Waals surface area contributed by atoms with Crippen molar-refractivity contribution in [3.05, 3.63) is 40.2 Å². The van der Waals surface area contributed by atoms with Crippen LogP contribution in [0.4, 0.5) is 5.69 Å². The van der Waals surface area contributed by atoms with E-state index in [0.717, 1.165) is 0 Å². The van der Waals surface area contributed by atoms with Crippen LogP contribution >= 0.6 is 11.8 Å². The van der Waals surface area contributed by atoms with Crippen molar-refractivity contribution in [1.82, 2.24) is 14.8 Å². The van der Waals surface area contributed by atoms with E-state index in [1.165, 1.54) is 30.8 Å². The van der Waals surface area contributed by atoms with Crippen molar-refractivity contribution in [2.45, 2.75) is 17.0 Å². The molecule has 0 saturated heterocycles. The largest absolute Gasteiger partial charge is 0.311 e. The van der Waals surface area contributed by atoms with Gasteiger partial charge in [-0.15, -0.1) is 10.2 Å². The van der Waals surface area contributed by atoms with Gasteiger partial charge in [-0.2, -0.15) is 0 Å². The lowest BCUT2D eigenvalue weighted by Gasteiger charge is -2.03. The van der Waals surface area contributed by atoms with Crippen LogP contribution in [0.15, 0.2) is 34.6 Å². The highest BCUT2D eigenvalue weighted by Crippen LogP contribution is 2.30. The molecule has 0 fully saturated rings. The van der Waals surface area contributed by atoms with E-state index in [1.807, 2.05) is 0 Å². The summed E-state index contributed by atoms with van der Waals surface area (Å²) in [5, 5.41) is 19.1. The molecule has 0 unspecified atom stereocenters. The maximum Gasteiger partial charge on any atom is 0.280 e. The number of benzene rings is 1. The van der Waals surface area contributed by atoms with Gasteiger partial charge in [0.2, 0.25) is 0 Å². The lowest BCUT2D eigenvalue weighted by atomic mass is 10.1. The van der Waals surface area contributed by atoms with E-state index in [0.29, 0.717) is 10.1 Å². The number of nitro benzene ring substituents is 1. The molecule has 0 amide bonds. The van der Waals surface area contributed by atoms with E-state index in [-0.39, 0.29) is 17.0 Å². The smallest absolute Gasteiger partial charge is 0.280 e. The van der Waals surface area contributed by atoms with Crippen LogP contribution < -0.4 is 0 Å². The molecule has 0 N–H and O–H groups in total. The molecule has 1 heterocycles. The molecule has 0 saturated carbocycles. The third-order valence-electron chi connectivity index (χ3n) is 2.42. The van der Waals surface area contributed by atoms with Crippen molar-refractivity contribution in [2.24, 2.45) is 7.05 Å². The summed E-state index contributed by atoms with van der Waals surface area (Å²) in [5.74, 6) is -0.341.